The van der Waals surface area contributed by atoms with Crippen LogP contribution in [0.1, 0.15) is 5.56 Å². The third-order valence-electron chi connectivity index (χ3n) is 2.52. The maximum absolute atomic E-state index is 10.4. The SMILES string of the molecule is COc1nn(C)c2ccc(CNC(=O)O)cc12. The number of carbonyl (C=O) groups is 1. The van der Waals surface area contributed by atoms with Gasteiger partial charge in [0.2, 0.25) is 5.88 Å². The Balaban J connectivity index is 2.38. The molecule has 17 heavy (non-hydrogen) atoms. The summed E-state index contributed by atoms with van der Waals surface area (Å²) < 4.78 is 6.88. The minimum Gasteiger partial charge on any atom is -0.479 e. The summed E-state index contributed by atoms with van der Waals surface area (Å²) >= 11 is 0. The molecule has 0 aliphatic rings. The summed E-state index contributed by atoms with van der Waals surface area (Å²) in [5.74, 6) is 0.541. The molecule has 1 aromatic carbocycles. The second-order valence-electron chi connectivity index (χ2n) is 3.64. The Labute approximate surface area is 97.8 Å². The average molecular weight is 235 g/mol. The number of hydrogen-bond donors (Lipinski definition) is 2. The van der Waals surface area contributed by atoms with Crippen LogP contribution in [0.25, 0.3) is 10.9 Å². The number of nitrogens with one attached hydrogen (secondary N) is 1. The molecular weight excluding hydrogens is 222 g/mol. The molecule has 2 rings (SSSR count). The molecule has 0 aliphatic carbocycles. The minimum atomic E-state index is -1.04. The molecule has 6 heteroatoms. The zero-order valence-corrected chi connectivity index (χ0v) is 9.60. The molecule has 0 bridgehead atoms. The Morgan fingerprint density at radius 1 is 1.59 bits per heavy atom. The Kier molecular flexibility index (Phi) is 2.86. The topological polar surface area (TPSA) is 76.4 Å². The van der Waals surface area contributed by atoms with E-state index in [9.17, 15) is 4.79 Å². The van der Waals surface area contributed by atoms with Crippen LogP contribution in [-0.2, 0) is 13.6 Å². The highest BCUT2D eigenvalue weighted by atomic mass is 16.5. The summed E-state index contributed by atoms with van der Waals surface area (Å²) in [5, 5.41) is 15.9. The van der Waals surface area contributed by atoms with Crippen LogP contribution < -0.4 is 10.1 Å². The summed E-state index contributed by atoms with van der Waals surface area (Å²) in [6.07, 6.45) is -1.04. The smallest absolute Gasteiger partial charge is 0.404 e. The monoisotopic (exact) mass is 235 g/mol. The first-order valence-corrected chi connectivity index (χ1v) is 5.08. The lowest BCUT2D eigenvalue weighted by Gasteiger charge is -2.02. The van der Waals surface area contributed by atoms with Crippen LogP contribution in [0.15, 0.2) is 18.2 Å². The highest BCUT2D eigenvalue weighted by molar-refractivity contribution is 5.85. The van der Waals surface area contributed by atoms with Crippen LogP contribution in [0.3, 0.4) is 0 Å². The second kappa shape index (κ2) is 4.32. The predicted molar refractivity (Wildman–Crippen MR) is 62.1 cm³/mol. The first kappa shape index (κ1) is 11.3. The van der Waals surface area contributed by atoms with E-state index in [1.807, 2.05) is 25.2 Å². The molecule has 0 fully saturated rings. The molecule has 2 N–H and O–H groups in total. The van der Waals surface area contributed by atoms with Crippen LogP contribution in [-0.4, -0.2) is 28.1 Å². The lowest BCUT2D eigenvalue weighted by molar-refractivity contribution is 0.194. The Hall–Kier alpha value is -2.24. The van der Waals surface area contributed by atoms with Gasteiger partial charge in [-0.2, -0.15) is 0 Å². The zero-order chi connectivity index (χ0) is 12.4. The number of benzene rings is 1. The largest absolute Gasteiger partial charge is 0.479 e. The molecule has 6 nitrogen and oxygen atoms in total. The highest BCUT2D eigenvalue weighted by Gasteiger charge is 2.09. The van der Waals surface area contributed by atoms with E-state index >= 15 is 0 Å². The van der Waals surface area contributed by atoms with Crippen LogP contribution in [0.2, 0.25) is 0 Å². The zero-order valence-electron chi connectivity index (χ0n) is 9.60. The van der Waals surface area contributed by atoms with Crippen LogP contribution in [0.5, 0.6) is 5.88 Å². The fraction of sp³-hybridized carbons (Fsp3) is 0.273. The van der Waals surface area contributed by atoms with Gasteiger partial charge in [0, 0.05) is 13.6 Å². The quantitative estimate of drug-likeness (QED) is 0.841. The lowest BCUT2D eigenvalue weighted by atomic mass is 10.1. The molecule has 0 saturated heterocycles. The number of fused-ring (bicyclic) bond motifs is 1. The average Bonchev–Trinajstić information content (AvgIpc) is 2.63. The van der Waals surface area contributed by atoms with E-state index in [2.05, 4.69) is 10.4 Å². The summed E-state index contributed by atoms with van der Waals surface area (Å²) in [6, 6.07) is 5.63. The maximum Gasteiger partial charge on any atom is 0.404 e. The van der Waals surface area contributed by atoms with Crippen molar-refractivity contribution in [3.8, 4) is 5.88 Å². The van der Waals surface area contributed by atoms with Crippen LogP contribution in [0.4, 0.5) is 4.79 Å². The van der Waals surface area contributed by atoms with Crippen LogP contribution in [0, 0.1) is 0 Å². The summed E-state index contributed by atoms with van der Waals surface area (Å²) in [7, 11) is 3.39. The minimum absolute atomic E-state index is 0.267. The van der Waals surface area contributed by atoms with Gasteiger partial charge in [-0.15, -0.1) is 5.10 Å². The predicted octanol–water partition coefficient (Wildman–Crippen LogP) is 1.35. The molecule has 0 aliphatic heterocycles. The molecule has 1 amide bonds. The van der Waals surface area contributed by atoms with Gasteiger partial charge in [0.15, 0.2) is 0 Å². The summed E-state index contributed by atoms with van der Waals surface area (Å²) in [6.45, 7) is 0.267. The van der Waals surface area contributed by atoms with Gasteiger partial charge in [0.25, 0.3) is 0 Å². The van der Waals surface area contributed by atoms with Crippen molar-refractivity contribution in [3.63, 3.8) is 0 Å². The van der Waals surface area contributed by atoms with Crippen molar-refractivity contribution in [3.05, 3.63) is 23.8 Å². The van der Waals surface area contributed by atoms with Crippen molar-refractivity contribution in [1.29, 1.82) is 0 Å². The van der Waals surface area contributed by atoms with Crippen molar-refractivity contribution < 1.29 is 14.6 Å². The normalized spacial score (nSPS) is 10.5. The number of methoxy groups -OCH3 is 1. The Bertz CT molecular complexity index is 562. The summed E-state index contributed by atoms with van der Waals surface area (Å²) in [4.78, 5) is 10.4. The standard InChI is InChI=1S/C11H13N3O3/c1-14-9-4-3-7(6-12-11(15)16)5-8(9)10(13-14)17-2/h3-5,12H,6H2,1-2H3,(H,15,16). The molecule has 2 aromatic rings. The van der Waals surface area contributed by atoms with Crippen molar-refractivity contribution in [1.82, 2.24) is 15.1 Å². The molecule has 1 aromatic heterocycles. The van der Waals surface area contributed by atoms with Crippen molar-refractivity contribution in [2.75, 3.05) is 7.11 Å². The third kappa shape index (κ3) is 2.15. The van der Waals surface area contributed by atoms with Crippen molar-refractivity contribution >= 4 is 17.0 Å². The van der Waals surface area contributed by atoms with Gasteiger partial charge in [-0.3, -0.25) is 4.68 Å². The number of ether oxygens (including phenoxy) is 1. The van der Waals surface area contributed by atoms with Gasteiger partial charge < -0.3 is 15.2 Å². The van der Waals surface area contributed by atoms with Crippen LogP contribution >= 0.6 is 0 Å². The van der Waals surface area contributed by atoms with Crippen molar-refractivity contribution in [2.45, 2.75) is 6.54 Å². The molecule has 0 unspecified atom stereocenters. The number of hydrogen-bond acceptors (Lipinski definition) is 3. The molecule has 0 atom stereocenters. The number of amides is 1. The lowest BCUT2D eigenvalue weighted by Crippen LogP contribution is -2.19. The number of nitrogens with zero attached hydrogens (tertiary/aromatic N) is 2. The molecule has 0 saturated carbocycles. The van der Waals surface area contributed by atoms with E-state index in [4.69, 9.17) is 9.84 Å². The Morgan fingerprint density at radius 2 is 2.35 bits per heavy atom. The van der Waals surface area contributed by atoms with Gasteiger partial charge in [-0.1, -0.05) is 6.07 Å². The van der Waals surface area contributed by atoms with E-state index in [1.54, 1.807) is 11.8 Å². The fourth-order valence-electron chi connectivity index (χ4n) is 1.72. The molecule has 0 spiro atoms. The summed E-state index contributed by atoms with van der Waals surface area (Å²) in [5.41, 5.74) is 1.81. The van der Waals surface area contributed by atoms with Gasteiger partial charge in [0.05, 0.1) is 18.0 Å². The first-order valence-electron chi connectivity index (χ1n) is 5.08. The molecule has 90 valence electrons. The van der Waals surface area contributed by atoms with E-state index in [-0.39, 0.29) is 6.54 Å². The first-order chi connectivity index (χ1) is 8.11. The van der Waals surface area contributed by atoms with Crippen molar-refractivity contribution in [2.24, 2.45) is 7.05 Å². The highest BCUT2D eigenvalue weighted by Crippen LogP contribution is 2.25. The van der Waals surface area contributed by atoms with E-state index < -0.39 is 6.09 Å². The molecule has 1 heterocycles. The molecular formula is C11H13N3O3. The van der Waals surface area contributed by atoms with E-state index in [0.717, 1.165) is 16.5 Å². The van der Waals surface area contributed by atoms with Gasteiger partial charge >= 0.3 is 6.09 Å². The number of rotatable bonds is 3. The Morgan fingerprint density at radius 3 is 3.00 bits per heavy atom. The fourth-order valence-corrected chi connectivity index (χ4v) is 1.72. The molecule has 0 radical (unpaired) electrons. The third-order valence-corrected chi connectivity index (χ3v) is 2.52. The number of aryl methyl sites for hydroxylation is 1. The number of aromatic nitrogens is 2. The van der Waals surface area contributed by atoms with Gasteiger partial charge in [-0.05, 0) is 17.7 Å². The van der Waals surface area contributed by atoms with E-state index in [1.165, 1.54) is 0 Å². The number of carboxylic acid groups (broad SMARTS) is 1. The second-order valence-corrected chi connectivity index (χ2v) is 3.64. The maximum atomic E-state index is 10.4. The van der Waals surface area contributed by atoms with Gasteiger partial charge in [-0.25, -0.2) is 4.79 Å². The van der Waals surface area contributed by atoms with Gasteiger partial charge in [0.1, 0.15) is 0 Å². The van der Waals surface area contributed by atoms with E-state index in [0.29, 0.717) is 5.88 Å².